The molecule has 0 aromatic carbocycles. The van der Waals surface area contributed by atoms with Gasteiger partial charge < -0.3 is 4.79 Å². The minimum absolute atomic E-state index is 0.552. The highest BCUT2D eigenvalue weighted by atomic mass is 16.3. The number of aldehydes is 1. The van der Waals surface area contributed by atoms with Crippen molar-refractivity contribution in [2.45, 2.75) is 44.1 Å². The molecule has 10 heavy (non-hydrogen) atoms. The van der Waals surface area contributed by atoms with E-state index in [1.807, 2.05) is 0 Å². The number of carbonyl (C=O) groups excluding carboxylic acids is 1. The van der Waals surface area contributed by atoms with E-state index in [-0.39, 0.29) is 0 Å². The first kappa shape index (κ1) is 7.73. The molecule has 57 valence electrons. The van der Waals surface area contributed by atoms with E-state index in [0.717, 1.165) is 25.7 Å². The maximum absolute atomic E-state index is 11.3. The number of hydrogen-bond donors (Lipinski definition) is 0. The Hall–Kier alpha value is -0.370. The van der Waals surface area contributed by atoms with Crippen molar-refractivity contribution in [2.75, 3.05) is 0 Å². The lowest BCUT2D eigenvalue weighted by atomic mass is 9.97. The summed E-state index contributed by atoms with van der Waals surface area (Å²) >= 11 is 0. The Bertz CT molecular complexity index is 112. The zero-order valence-electron chi connectivity index (χ0n) is 6.14. The van der Waals surface area contributed by atoms with Crippen LogP contribution in [0.15, 0.2) is 0 Å². The molecule has 0 amide bonds. The third kappa shape index (κ3) is 1.81. The van der Waals surface area contributed by atoms with Crippen molar-refractivity contribution in [3.8, 4) is 0 Å². The van der Waals surface area contributed by atoms with Crippen LogP contribution < -0.4 is 0 Å². The highest BCUT2D eigenvalue weighted by Crippen LogP contribution is 2.25. The SMILES string of the molecule is [O]C1(C=O)CCCCCC1. The fraction of sp³-hybridized carbons (Fsp3) is 0.875. The third-order valence-electron chi connectivity index (χ3n) is 2.16. The summed E-state index contributed by atoms with van der Waals surface area (Å²) in [5.74, 6) is 0. The summed E-state index contributed by atoms with van der Waals surface area (Å²) in [4.78, 5) is 10.3. The lowest BCUT2D eigenvalue weighted by Crippen LogP contribution is -2.27. The van der Waals surface area contributed by atoms with Crippen LogP contribution in [0.1, 0.15) is 38.5 Å². The normalized spacial score (nSPS) is 25.3. The van der Waals surface area contributed by atoms with E-state index in [1.54, 1.807) is 0 Å². The fourth-order valence-corrected chi connectivity index (χ4v) is 1.44. The summed E-state index contributed by atoms with van der Waals surface area (Å²) in [5, 5.41) is 11.3. The smallest absolute Gasteiger partial charge is 0.158 e. The Balaban J connectivity index is 2.48. The van der Waals surface area contributed by atoms with Gasteiger partial charge in [0.15, 0.2) is 11.9 Å². The third-order valence-corrected chi connectivity index (χ3v) is 2.16. The lowest BCUT2D eigenvalue weighted by Gasteiger charge is -2.14. The summed E-state index contributed by atoms with van der Waals surface area (Å²) in [6.07, 6.45) is 5.81. The van der Waals surface area contributed by atoms with Crippen LogP contribution in [0.4, 0.5) is 0 Å². The second-order valence-electron chi connectivity index (χ2n) is 3.10. The summed E-state index contributed by atoms with van der Waals surface area (Å²) in [7, 11) is 0. The topological polar surface area (TPSA) is 37.0 Å². The van der Waals surface area contributed by atoms with Gasteiger partial charge in [-0.3, -0.25) is 0 Å². The van der Waals surface area contributed by atoms with Crippen LogP contribution in [0.25, 0.3) is 0 Å². The van der Waals surface area contributed by atoms with Gasteiger partial charge in [0, 0.05) is 0 Å². The van der Waals surface area contributed by atoms with Gasteiger partial charge in [-0.05, 0) is 25.7 Å². The average molecular weight is 141 g/mol. The maximum atomic E-state index is 11.3. The standard InChI is InChI=1S/C8H13O2/c9-7-8(10)5-3-1-2-4-6-8/h7H,1-6H2. The second-order valence-corrected chi connectivity index (χ2v) is 3.10. The van der Waals surface area contributed by atoms with Crippen LogP contribution in [0.3, 0.4) is 0 Å². The van der Waals surface area contributed by atoms with Crippen molar-refractivity contribution in [2.24, 2.45) is 0 Å². The molecule has 0 saturated heterocycles. The largest absolute Gasteiger partial charge is 0.300 e. The Morgan fingerprint density at radius 1 is 1.00 bits per heavy atom. The van der Waals surface area contributed by atoms with Crippen LogP contribution in [0.2, 0.25) is 0 Å². The minimum atomic E-state index is -1.23. The molecule has 0 unspecified atom stereocenters. The van der Waals surface area contributed by atoms with Gasteiger partial charge in [-0.15, -0.1) is 0 Å². The predicted molar refractivity (Wildman–Crippen MR) is 37.2 cm³/mol. The fourth-order valence-electron chi connectivity index (χ4n) is 1.44. The van der Waals surface area contributed by atoms with E-state index in [9.17, 15) is 9.90 Å². The molecule has 2 nitrogen and oxygen atoms in total. The summed E-state index contributed by atoms with van der Waals surface area (Å²) in [5.41, 5.74) is -1.23. The van der Waals surface area contributed by atoms with E-state index >= 15 is 0 Å². The quantitative estimate of drug-likeness (QED) is 0.404. The van der Waals surface area contributed by atoms with E-state index in [2.05, 4.69) is 0 Å². The lowest BCUT2D eigenvalue weighted by molar-refractivity contribution is -0.132. The molecule has 0 spiro atoms. The molecule has 0 heterocycles. The molecule has 0 atom stereocenters. The first-order valence-electron chi connectivity index (χ1n) is 3.94. The molecule has 0 bridgehead atoms. The van der Waals surface area contributed by atoms with Gasteiger partial charge in [-0.2, -0.15) is 0 Å². The molecular formula is C8H13O2. The van der Waals surface area contributed by atoms with Gasteiger partial charge in [-0.25, -0.2) is 5.11 Å². The molecule has 0 N–H and O–H groups in total. The molecule has 1 aliphatic rings. The van der Waals surface area contributed by atoms with Gasteiger partial charge in [0.05, 0.1) is 0 Å². The molecule has 1 fully saturated rings. The van der Waals surface area contributed by atoms with Crippen LogP contribution in [-0.4, -0.2) is 11.9 Å². The number of rotatable bonds is 1. The Morgan fingerprint density at radius 2 is 1.50 bits per heavy atom. The van der Waals surface area contributed by atoms with Crippen molar-refractivity contribution in [3.63, 3.8) is 0 Å². The predicted octanol–water partition coefficient (Wildman–Crippen LogP) is 1.71. The van der Waals surface area contributed by atoms with Gasteiger partial charge >= 0.3 is 0 Å². The zero-order valence-corrected chi connectivity index (χ0v) is 6.14. The molecule has 1 saturated carbocycles. The Labute approximate surface area is 61.2 Å². The molecule has 1 rings (SSSR count). The Morgan fingerprint density at radius 3 is 1.90 bits per heavy atom. The number of hydrogen-bond acceptors (Lipinski definition) is 1. The summed E-state index contributed by atoms with van der Waals surface area (Å²) in [6, 6.07) is 0. The highest BCUT2D eigenvalue weighted by molar-refractivity contribution is 5.61. The van der Waals surface area contributed by atoms with E-state index in [1.165, 1.54) is 0 Å². The Kier molecular flexibility index (Phi) is 2.44. The van der Waals surface area contributed by atoms with Gasteiger partial charge in [-0.1, -0.05) is 12.8 Å². The molecule has 0 aromatic rings. The minimum Gasteiger partial charge on any atom is -0.300 e. The van der Waals surface area contributed by atoms with Crippen LogP contribution in [-0.2, 0) is 9.90 Å². The molecule has 0 aliphatic heterocycles. The van der Waals surface area contributed by atoms with Gasteiger partial charge in [0.2, 0.25) is 0 Å². The highest BCUT2D eigenvalue weighted by Gasteiger charge is 2.28. The molecule has 0 aromatic heterocycles. The van der Waals surface area contributed by atoms with Crippen molar-refractivity contribution >= 4 is 6.29 Å². The number of carbonyl (C=O) groups is 1. The first-order valence-corrected chi connectivity index (χ1v) is 3.94. The molecule has 1 aliphatic carbocycles. The van der Waals surface area contributed by atoms with E-state index in [0.29, 0.717) is 19.1 Å². The van der Waals surface area contributed by atoms with Crippen molar-refractivity contribution < 1.29 is 9.90 Å². The van der Waals surface area contributed by atoms with Crippen LogP contribution in [0, 0.1) is 0 Å². The zero-order chi connectivity index (χ0) is 7.45. The molecule has 2 heteroatoms. The second kappa shape index (κ2) is 3.15. The monoisotopic (exact) mass is 141 g/mol. The van der Waals surface area contributed by atoms with Crippen LogP contribution >= 0.6 is 0 Å². The van der Waals surface area contributed by atoms with Gasteiger partial charge in [0.1, 0.15) is 0 Å². The van der Waals surface area contributed by atoms with Crippen molar-refractivity contribution in [1.82, 2.24) is 0 Å². The summed E-state index contributed by atoms with van der Waals surface area (Å²) in [6.45, 7) is 0. The van der Waals surface area contributed by atoms with E-state index < -0.39 is 5.60 Å². The average Bonchev–Trinajstić information content (AvgIpc) is 2.15. The molecular weight excluding hydrogens is 128 g/mol. The maximum Gasteiger partial charge on any atom is 0.158 e. The van der Waals surface area contributed by atoms with Gasteiger partial charge in [0.25, 0.3) is 0 Å². The first-order chi connectivity index (χ1) is 4.77. The summed E-state index contributed by atoms with van der Waals surface area (Å²) < 4.78 is 0. The van der Waals surface area contributed by atoms with Crippen molar-refractivity contribution in [3.05, 3.63) is 0 Å². The van der Waals surface area contributed by atoms with Crippen molar-refractivity contribution in [1.29, 1.82) is 0 Å². The van der Waals surface area contributed by atoms with Crippen LogP contribution in [0.5, 0.6) is 0 Å². The van der Waals surface area contributed by atoms with E-state index in [4.69, 9.17) is 0 Å². The molecule has 1 radical (unpaired) electrons.